The zero-order chi connectivity index (χ0) is 29.9. The molecule has 11 heteroatoms. The molecule has 4 aromatic heterocycles. The summed E-state index contributed by atoms with van der Waals surface area (Å²) in [6, 6.07) is 30.2. The van der Waals surface area contributed by atoms with Gasteiger partial charge in [0.1, 0.15) is 23.2 Å². The van der Waals surface area contributed by atoms with Gasteiger partial charge in [0.15, 0.2) is 11.5 Å². The van der Waals surface area contributed by atoms with E-state index in [4.69, 9.17) is 21.0 Å². The van der Waals surface area contributed by atoms with E-state index in [1.807, 2.05) is 48.5 Å². The summed E-state index contributed by atoms with van der Waals surface area (Å²) in [6.07, 6.45) is 3.27. The molecule has 0 saturated carbocycles. The summed E-state index contributed by atoms with van der Waals surface area (Å²) in [7, 11) is 0. The third kappa shape index (κ3) is 5.55. The number of nitrogen functional groups attached to an aromatic ring is 1. The number of nitrogens with two attached hydrogens (primary N) is 1. The topological polar surface area (TPSA) is 138 Å². The molecule has 11 nitrogen and oxygen atoms in total. The zero-order valence-corrected chi connectivity index (χ0v) is 23.9. The van der Waals surface area contributed by atoms with Gasteiger partial charge in [-0.1, -0.05) is 42.5 Å². The highest BCUT2D eigenvalue weighted by atomic mass is 15.5. The summed E-state index contributed by atoms with van der Waals surface area (Å²) in [5.74, 6) is 1.91. The largest absolute Gasteiger partial charge is 0.383 e. The maximum atomic E-state index is 9.05. The summed E-state index contributed by atoms with van der Waals surface area (Å²) < 4.78 is 2.06. The number of rotatable bonds is 7. The maximum absolute atomic E-state index is 9.05. The fourth-order valence-corrected chi connectivity index (χ4v) is 5.42. The Morgan fingerprint density at radius 1 is 0.795 bits per heavy atom. The van der Waals surface area contributed by atoms with Gasteiger partial charge in [-0.15, -0.1) is 0 Å². The van der Waals surface area contributed by atoms with E-state index in [0.717, 1.165) is 66.4 Å². The second kappa shape index (κ2) is 11.9. The molecule has 0 amide bonds. The first kappa shape index (κ1) is 27.2. The number of pyridine rings is 2. The molecule has 0 unspecified atom stereocenters. The number of nitriles is 1. The molecule has 216 valence electrons. The molecule has 3 N–H and O–H groups in total. The number of fused-ring (bicyclic) bond motifs is 1. The van der Waals surface area contributed by atoms with Gasteiger partial charge in [-0.05, 0) is 42.0 Å². The van der Waals surface area contributed by atoms with Crippen LogP contribution in [0.2, 0.25) is 0 Å². The van der Waals surface area contributed by atoms with Crippen molar-refractivity contribution >= 4 is 22.8 Å². The van der Waals surface area contributed by atoms with Crippen molar-refractivity contribution in [1.29, 1.82) is 5.26 Å². The summed E-state index contributed by atoms with van der Waals surface area (Å²) in [5.41, 5.74) is 16.0. The van der Waals surface area contributed by atoms with E-state index in [2.05, 4.69) is 71.3 Å². The van der Waals surface area contributed by atoms with Crippen molar-refractivity contribution in [1.82, 2.24) is 39.4 Å². The molecule has 44 heavy (non-hydrogen) atoms. The maximum Gasteiger partial charge on any atom is 0.234 e. The van der Waals surface area contributed by atoms with Crippen molar-refractivity contribution < 1.29 is 0 Å². The lowest BCUT2D eigenvalue weighted by atomic mass is 10.1. The summed E-state index contributed by atoms with van der Waals surface area (Å²) in [4.78, 5) is 24.9. The van der Waals surface area contributed by atoms with Gasteiger partial charge in [-0.3, -0.25) is 9.47 Å². The van der Waals surface area contributed by atoms with Gasteiger partial charge in [-0.25, -0.2) is 29.9 Å². The molecule has 0 aliphatic carbocycles. The molecule has 1 aliphatic rings. The van der Waals surface area contributed by atoms with Crippen molar-refractivity contribution in [2.75, 3.05) is 37.3 Å². The van der Waals surface area contributed by atoms with E-state index < -0.39 is 0 Å². The summed E-state index contributed by atoms with van der Waals surface area (Å²) >= 11 is 0. The highest BCUT2D eigenvalue weighted by Crippen LogP contribution is 2.32. The van der Waals surface area contributed by atoms with E-state index in [0.29, 0.717) is 17.5 Å². The zero-order valence-electron chi connectivity index (χ0n) is 23.9. The minimum absolute atomic E-state index is 0.157. The van der Waals surface area contributed by atoms with Crippen LogP contribution in [0.1, 0.15) is 11.4 Å². The Labute approximate surface area is 254 Å². The molecular weight excluding hydrogens is 550 g/mol. The average Bonchev–Trinajstić information content (AvgIpc) is 3.45. The minimum atomic E-state index is 0.157. The van der Waals surface area contributed by atoms with Crippen LogP contribution in [-0.4, -0.2) is 65.6 Å². The predicted octanol–water partition coefficient (Wildman–Crippen LogP) is 4.54. The number of nitrogens with one attached hydrogen (secondary N) is 1. The first-order chi connectivity index (χ1) is 21.6. The van der Waals surface area contributed by atoms with Crippen LogP contribution in [0.3, 0.4) is 0 Å². The molecule has 1 saturated heterocycles. The highest BCUT2D eigenvalue weighted by molar-refractivity contribution is 5.84. The minimum Gasteiger partial charge on any atom is -0.383 e. The van der Waals surface area contributed by atoms with Crippen molar-refractivity contribution in [3.63, 3.8) is 0 Å². The number of imidazole rings is 1. The van der Waals surface area contributed by atoms with Crippen molar-refractivity contribution in [2.24, 2.45) is 0 Å². The Bertz CT molecular complexity index is 1950. The van der Waals surface area contributed by atoms with Crippen molar-refractivity contribution in [2.45, 2.75) is 6.54 Å². The summed E-state index contributed by atoms with van der Waals surface area (Å²) in [5, 5.41) is 11.2. The van der Waals surface area contributed by atoms with E-state index in [1.165, 1.54) is 5.56 Å². The van der Waals surface area contributed by atoms with Crippen LogP contribution < -0.4 is 11.2 Å². The second-order valence-corrected chi connectivity index (χ2v) is 10.5. The Morgan fingerprint density at radius 3 is 2.39 bits per heavy atom. The first-order valence-corrected chi connectivity index (χ1v) is 14.4. The fraction of sp³-hybridized carbons (Fsp3) is 0.152. The smallest absolute Gasteiger partial charge is 0.234 e. The molecule has 1 aliphatic heterocycles. The Morgan fingerprint density at radius 2 is 1.61 bits per heavy atom. The molecule has 7 rings (SSSR count). The van der Waals surface area contributed by atoms with Crippen LogP contribution in [-0.2, 0) is 6.54 Å². The SMILES string of the molecule is N#Cc1nccc(NN2CCN(Cc3ccc(-n4c(-c5cccnc5N)nc5ccc(-c6ccccc6)nc54)cc3)CC2)n1. The van der Waals surface area contributed by atoms with E-state index in [9.17, 15) is 0 Å². The van der Waals surface area contributed by atoms with E-state index in [-0.39, 0.29) is 5.82 Å². The molecule has 5 heterocycles. The quantitative estimate of drug-likeness (QED) is 0.277. The first-order valence-electron chi connectivity index (χ1n) is 14.4. The number of hydrogen-bond donors (Lipinski definition) is 2. The lowest BCUT2D eigenvalue weighted by molar-refractivity contribution is 0.146. The summed E-state index contributed by atoms with van der Waals surface area (Å²) in [6.45, 7) is 4.29. The molecule has 1 fully saturated rings. The number of aromatic nitrogens is 6. The van der Waals surface area contributed by atoms with Gasteiger partial charge in [0.25, 0.3) is 0 Å². The molecular formula is C33H29N11. The highest BCUT2D eigenvalue weighted by Gasteiger charge is 2.20. The number of hydrogen-bond acceptors (Lipinski definition) is 10. The number of piperazine rings is 1. The number of benzene rings is 2. The molecule has 6 aromatic rings. The number of anilines is 2. The van der Waals surface area contributed by atoms with Gasteiger partial charge in [0.2, 0.25) is 5.82 Å². The van der Waals surface area contributed by atoms with Crippen LogP contribution in [0.4, 0.5) is 11.6 Å². The Hall–Kier alpha value is -5.70. The van der Waals surface area contributed by atoms with Crippen molar-refractivity contribution in [3.8, 4) is 34.4 Å². The van der Waals surface area contributed by atoms with Gasteiger partial charge in [-0.2, -0.15) is 5.26 Å². The predicted molar refractivity (Wildman–Crippen MR) is 169 cm³/mol. The van der Waals surface area contributed by atoms with Crippen LogP contribution >= 0.6 is 0 Å². The van der Waals surface area contributed by atoms with E-state index in [1.54, 1.807) is 18.5 Å². The molecule has 0 radical (unpaired) electrons. The Kier molecular flexibility index (Phi) is 7.34. The monoisotopic (exact) mass is 579 g/mol. The molecule has 0 spiro atoms. The number of hydrazine groups is 1. The molecule has 2 aromatic carbocycles. The van der Waals surface area contributed by atoms with Crippen molar-refractivity contribution in [3.05, 3.63) is 109 Å². The standard InChI is InChI=1S/C33H29N11/c34-21-30-36-16-14-29(40-30)41-43-19-17-42(18-20-43)22-23-8-10-25(11-9-23)44-32(26-7-4-15-37-31(26)35)39-28-13-12-27(38-33(28)44)24-5-2-1-3-6-24/h1-16H,17-20,22H2,(H2,35,37)(H,36,40,41). The van der Waals surface area contributed by atoms with Crippen LogP contribution in [0.25, 0.3) is 39.5 Å². The van der Waals surface area contributed by atoms with Gasteiger partial charge >= 0.3 is 0 Å². The lowest BCUT2D eigenvalue weighted by Crippen LogP contribution is -2.48. The average molecular weight is 580 g/mol. The molecule has 0 bridgehead atoms. The number of nitrogens with zero attached hydrogens (tertiary/aromatic N) is 9. The lowest BCUT2D eigenvalue weighted by Gasteiger charge is -2.34. The van der Waals surface area contributed by atoms with Gasteiger partial charge in [0.05, 0.1) is 11.3 Å². The van der Waals surface area contributed by atoms with E-state index >= 15 is 0 Å². The molecule has 0 atom stereocenters. The van der Waals surface area contributed by atoms with Crippen LogP contribution in [0.15, 0.2) is 97.3 Å². The third-order valence-corrected chi connectivity index (χ3v) is 7.65. The normalized spacial score (nSPS) is 14.0. The van der Waals surface area contributed by atoms with Crippen LogP contribution in [0, 0.1) is 11.3 Å². The van der Waals surface area contributed by atoms with Gasteiger partial charge in [0, 0.05) is 62.4 Å². The fourth-order valence-electron chi connectivity index (χ4n) is 5.42. The Balaban J connectivity index is 1.13. The van der Waals surface area contributed by atoms with Gasteiger partial charge < -0.3 is 11.2 Å². The van der Waals surface area contributed by atoms with Crippen LogP contribution in [0.5, 0.6) is 0 Å². The second-order valence-electron chi connectivity index (χ2n) is 10.5. The third-order valence-electron chi connectivity index (χ3n) is 7.65.